The normalized spacial score (nSPS) is 16.2. The molecule has 18 heavy (non-hydrogen) atoms. The second-order valence-electron chi connectivity index (χ2n) is 4.45. The minimum Gasteiger partial charge on any atom is -0.367 e. The number of halogens is 3. The molecule has 0 aromatic carbocycles. The Labute approximate surface area is 101 Å². The molecule has 1 N–H and O–H groups in total. The molecule has 0 radical (unpaired) electrons. The second-order valence-corrected chi connectivity index (χ2v) is 4.45. The van der Waals surface area contributed by atoms with Crippen LogP contribution in [0.25, 0.3) is 5.65 Å². The van der Waals surface area contributed by atoms with Gasteiger partial charge < -0.3 is 9.72 Å². The van der Waals surface area contributed by atoms with Crippen molar-refractivity contribution in [3.63, 3.8) is 0 Å². The average molecular weight is 256 g/mol. The van der Waals surface area contributed by atoms with E-state index in [0.29, 0.717) is 11.7 Å². The third kappa shape index (κ3) is 2.12. The molecule has 96 valence electrons. The van der Waals surface area contributed by atoms with Gasteiger partial charge in [-0.3, -0.25) is 0 Å². The molecule has 0 atom stereocenters. The lowest BCUT2D eigenvalue weighted by Crippen LogP contribution is -2.07. The molecule has 1 aliphatic rings. The zero-order chi connectivity index (χ0) is 12.8. The standard InChI is InChI=1S/C11H11F3N4/c12-11(13,14)8-6-18-4-3-15-9(10(18)17-8)16-5-7-1-2-7/h3-4,6-7H,1-2,5H2,(H,15,16). The van der Waals surface area contributed by atoms with Gasteiger partial charge in [0, 0.05) is 25.1 Å². The van der Waals surface area contributed by atoms with Gasteiger partial charge in [0.2, 0.25) is 0 Å². The van der Waals surface area contributed by atoms with Crippen LogP contribution in [0.3, 0.4) is 0 Å². The summed E-state index contributed by atoms with van der Waals surface area (Å²) in [6, 6.07) is 0. The molecule has 7 heteroatoms. The van der Waals surface area contributed by atoms with Crippen molar-refractivity contribution in [3.8, 4) is 0 Å². The van der Waals surface area contributed by atoms with Gasteiger partial charge in [0.05, 0.1) is 0 Å². The predicted octanol–water partition coefficient (Wildman–Crippen LogP) is 2.57. The molecule has 2 heterocycles. The molecule has 0 aliphatic heterocycles. The number of aromatic nitrogens is 3. The predicted molar refractivity (Wildman–Crippen MR) is 59.2 cm³/mol. The highest BCUT2D eigenvalue weighted by atomic mass is 19.4. The van der Waals surface area contributed by atoms with Crippen LogP contribution in [0.4, 0.5) is 19.0 Å². The van der Waals surface area contributed by atoms with Crippen LogP contribution >= 0.6 is 0 Å². The van der Waals surface area contributed by atoms with Gasteiger partial charge in [0.15, 0.2) is 17.2 Å². The fourth-order valence-electron chi connectivity index (χ4n) is 1.74. The molecule has 1 saturated carbocycles. The molecule has 0 spiro atoms. The monoisotopic (exact) mass is 256 g/mol. The molecule has 2 aromatic rings. The maximum atomic E-state index is 12.6. The van der Waals surface area contributed by atoms with Crippen molar-refractivity contribution < 1.29 is 13.2 Å². The SMILES string of the molecule is FC(F)(F)c1cn2ccnc(NCC3CC3)c2n1. The van der Waals surface area contributed by atoms with Crippen LogP contribution in [0.1, 0.15) is 18.5 Å². The van der Waals surface area contributed by atoms with Crippen molar-refractivity contribution in [3.05, 3.63) is 24.3 Å². The Morgan fingerprint density at radius 1 is 1.39 bits per heavy atom. The minimum absolute atomic E-state index is 0.213. The van der Waals surface area contributed by atoms with E-state index in [-0.39, 0.29) is 5.65 Å². The summed E-state index contributed by atoms with van der Waals surface area (Å²) in [6.45, 7) is 0.737. The number of rotatable bonds is 3. The van der Waals surface area contributed by atoms with Crippen LogP contribution < -0.4 is 5.32 Å². The molecule has 0 saturated heterocycles. The van der Waals surface area contributed by atoms with Gasteiger partial charge in [0.25, 0.3) is 0 Å². The number of hydrogen-bond acceptors (Lipinski definition) is 3. The number of fused-ring (bicyclic) bond motifs is 1. The molecule has 0 unspecified atom stereocenters. The summed E-state index contributed by atoms with van der Waals surface area (Å²) in [5.41, 5.74) is -0.685. The molecular weight excluding hydrogens is 245 g/mol. The highest BCUT2D eigenvalue weighted by Gasteiger charge is 2.34. The first-order valence-corrected chi connectivity index (χ1v) is 5.69. The van der Waals surface area contributed by atoms with Crippen molar-refractivity contribution in [2.24, 2.45) is 5.92 Å². The summed E-state index contributed by atoms with van der Waals surface area (Å²) >= 11 is 0. The molecule has 1 fully saturated rings. The van der Waals surface area contributed by atoms with Crippen LogP contribution in [-0.2, 0) is 6.18 Å². The lowest BCUT2D eigenvalue weighted by atomic mass is 10.4. The minimum atomic E-state index is -4.43. The first kappa shape index (κ1) is 11.3. The molecule has 0 bridgehead atoms. The van der Waals surface area contributed by atoms with Crippen LogP contribution in [-0.4, -0.2) is 20.9 Å². The van der Waals surface area contributed by atoms with Gasteiger partial charge >= 0.3 is 6.18 Å². The molecular formula is C11H11F3N4. The largest absolute Gasteiger partial charge is 0.434 e. The third-order valence-corrected chi connectivity index (χ3v) is 2.92. The van der Waals surface area contributed by atoms with Gasteiger partial charge in [-0.15, -0.1) is 0 Å². The summed E-state index contributed by atoms with van der Waals surface area (Å²) in [5, 5.41) is 3.05. The maximum absolute atomic E-state index is 12.6. The van der Waals surface area contributed by atoms with Gasteiger partial charge in [-0.25, -0.2) is 9.97 Å². The first-order valence-electron chi connectivity index (χ1n) is 5.69. The van der Waals surface area contributed by atoms with Crippen molar-refractivity contribution in [1.82, 2.24) is 14.4 Å². The van der Waals surface area contributed by atoms with Gasteiger partial charge in [-0.05, 0) is 18.8 Å². The molecule has 1 aliphatic carbocycles. The fourth-order valence-corrected chi connectivity index (χ4v) is 1.74. The summed E-state index contributed by atoms with van der Waals surface area (Å²) in [5.74, 6) is 1.02. The van der Waals surface area contributed by atoms with E-state index in [1.54, 1.807) is 0 Å². The Hall–Kier alpha value is -1.79. The average Bonchev–Trinajstić information content (AvgIpc) is 3.01. The number of imidazole rings is 1. The lowest BCUT2D eigenvalue weighted by Gasteiger charge is -2.04. The zero-order valence-electron chi connectivity index (χ0n) is 9.41. The van der Waals surface area contributed by atoms with Gasteiger partial charge in [-0.2, -0.15) is 13.2 Å². The van der Waals surface area contributed by atoms with Crippen molar-refractivity contribution in [2.75, 3.05) is 11.9 Å². The summed E-state index contributed by atoms with van der Waals surface area (Å²) < 4.78 is 39.0. The summed E-state index contributed by atoms with van der Waals surface area (Å²) in [6.07, 6.45) is 1.79. The third-order valence-electron chi connectivity index (χ3n) is 2.92. The molecule has 2 aromatic heterocycles. The van der Waals surface area contributed by atoms with E-state index in [9.17, 15) is 13.2 Å². The van der Waals surface area contributed by atoms with E-state index in [4.69, 9.17) is 0 Å². The topological polar surface area (TPSA) is 42.2 Å². The fraction of sp³-hybridized carbons (Fsp3) is 0.455. The molecule has 3 rings (SSSR count). The first-order chi connectivity index (χ1) is 8.54. The molecule has 0 amide bonds. The Bertz CT molecular complexity index is 571. The van der Waals surface area contributed by atoms with E-state index in [1.807, 2.05) is 0 Å². The van der Waals surface area contributed by atoms with Gasteiger partial charge in [-0.1, -0.05) is 0 Å². The lowest BCUT2D eigenvalue weighted by molar-refractivity contribution is -0.140. The second kappa shape index (κ2) is 3.86. The van der Waals surface area contributed by atoms with Crippen LogP contribution in [0, 0.1) is 5.92 Å². The van der Waals surface area contributed by atoms with Crippen LogP contribution in [0.2, 0.25) is 0 Å². The van der Waals surface area contributed by atoms with E-state index in [2.05, 4.69) is 15.3 Å². The highest BCUT2D eigenvalue weighted by Crippen LogP contribution is 2.31. The quantitative estimate of drug-likeness (QED) is 0.917. The van der Waals surface area contributed by atoms with E-state index >= 15 is 0 Å². The van der Waals surface area contributed by atoms with E-state index in [1.165, 1.54) is 29.6 Å². The number of nitrogens with one attached hydrogen (secondary N) is 1. The molecule has 4 nitrogen and oxygen atoms in total. The highest BCUT2D eigenvalue weighted by molar-refractivity contribution is 5.63. The van der Waals surface area contributed by atoms with Crippen LogP contribution in [0.5, 0.6) is 0 Å². The number of hydrogen-bond donors (Lipinski definition) is 1. The van der Waals surface area contributed by atoms with Crippen LogP contribution in [0.15, 0.2) is 18.6 Å². The summed E-state index contributed by atoms with van der Waals surface area (Å²) in [7, 11) is 0. The Morgan fingerprint density at radius 2 is 2.17 bits per heavy atom. The number of nitrogens with zero attached hydrogens (tertiary/aromatic N) is 3. The summed E-state index contributed by atoms with van der Waals surface area (Å²) in [4.78, 5) is 7.64. The van der Waals surface area contributed by atoms with Crippen molar-refractivity contribution in [2.45, 2.75) is 19.0 Å². The van der Waals surface area contributed by atoms with Crippen molar-refractivity contribution in [1.29, 1.82) is 0 Å². The Morgan fingerprint density at radius 3 is 2.83 bits per heavy atom. The smallest absolute Gasteiger partial charge is 0.367 e. The zero-order valence-corrected chi connectivity index (χ0v) is 9.41. The van der Waals surface area contributed by atoms with E-state index < -0.39 is 11.9 Å². The van der Waals surface area contributed by atoms with Crippen molar-refractivity contribution >= 4 is 11.5 Å². The van der Waals surface area contributed by atoms with E-state index in [0.717, 1.165) is 12.7 Å². The number of anilines is 1. The van der Waals surface area contributed by atoms with Gasteiger partial charge in [0.1, 0.15) is 0 Å². The Kier molecular flexibility index (Phi) is 2.42. The maximum Gasteiger partial charge on any atom is 0.434 e. The Balaban J connectivity index is 1.95. The number of alkyl halides is 3.